The van der Waals surface area contributed by atoms with Crippen LogP contribution in [0.1, 0.15) is 27.4 Å². The van der Waals surface area contributed by atoms with E-state index in [1.54, 1.807) is 32.0 Å². The Hall–Kier alpha value is -2.72. The zero-order valence-electron chi connectivity index (χ0n) is 15.1. The summed E-state index contributed by atoms with van der Waals surface area (Å²) in [4.78, 5) is 24.2. The lowest BCUT2D eigenvalue weighted by molar-refractivity contribution is -0.118. The predicted molar refractivity (Wildman–Crippen MR) is 105 cm³/mol. The SMILES string of the molecule is Cc1cc(C(=O)Nc2nnc(SCC(=O)NCc3ccc(F)cc3)s2)c(C)o1. The summed E-state index contributed by atoms with van der Waals surface area (Å²) in [5, 5.41) is 13.6. The fourth-order valence-corrected chi connectivity index (χ4v) is 3.90. The van der Waals surface area contributed by atoms with Crippen LogP contribution in [0.3, 0.4) is 0 Å². The molecule has 2 N–H and O–H groups in total. The third-order valence-corrected chi connectivity index (χ3v) is 5.61. The summed E-state index contributed by atoms with van der Waals surface area (Å²) in [5.74, 6) is 0.528. The Morgan fingerprint density at radius 2 is 1.96 bits per heavy atom. The van der Waals surface area contributed by atoms with Crippen LogP contribution in [0.5, 0.6) is 0 Å². The van der Waals surface area contributed by atoms with Crippen molar-refractivity contribution in [3.63, 3.8) is 0 Å². The Kier molecular flexibility index (Phi) is 6.42. The van der Waals surface area contributed by atoms with Gasteiger partial charge in [0.1, 0.15) is 17.3 Å². The fourth-order valence-electron chi connectivity index (χ4n) is 2.32. The van der Waals surface area contributed by atoms with Gasteiger partial charge < -0.3 is 9.73 Å². The number of carbonyl (C=O) groups excluding carboxylic acids is 2. The molecule has 0 saturated carbocycles. The van der Waals surface area contributed by atoms with Crippen molar-refractivity contribution < 1.29 is 18.4 Å². The van der Waals surface area contributed by atoms with Crippen LogP contribution in [0.4, 0.5) is 9.52 Å². The van der Waals surface area contributed by atoms with Gasteiger partial charge in [0.05, 0.1) is 11.3 Å². The lowest BCUT2D eigenvalue weighted by atomic mass is 10.2. The number of hydrogen-bond acceptors (Lipinski definition) is 7. The summed E-state index contributed by atoms with van der Waals surface area (Å²) in [6.45, 7) is 3.80. The number of hydrogen-bond donors (Lipinski definition) is 2. The fraction of sp³-hybridized carbons (Fsp3) is 0.222. The highest BCUT2D eigenvalue weighted by atomic mass is 32.2. The van der Waals surface area contributed by atoms with Crippen LogP contribution in [-0.4, -0.2) is 27.8 Å². The number of benzene rings is 1. The highest BCUT2D eigenvalue weighted by molar-refractivity contribution is 8.01. The zero-order valence-corrected chi connectivity index (χ0v) is 16.7. The molecule has 0 bridgehead atoms. The van der Waals surface area contributed by atoms with Crippen molar-refractivity contribution >= 4 is 40.0 Å². The Balaban J connectivity index is 1.46. The first-order chi connectivity index (χ1) is 13.4. The van der Waals surface area contributed by atoms with Gasteiger partial charge in [0.15, 0.2) is 4.34 Å². The first-order valence-corrected chi connectivity index (χ1v) is 10.1. The maximum atomic E-state index is 12.9. The van der Waals surface area contributed by atoms with Crippen molar-refractivity contribution in [3.8, 4) is 0 Å². The molecule has 0 spiro atoms. The molecule has 2 heterocycles. The molecule has 28 heavy (non-hydrogen) atoms. The second-order valence-corrected chi connectivity index (χ2v) is 8.05. The molecule has 2 amide bonds. The smallest absolute Gasteiger partial charge is 0.261 e. The molecule has 2 aromatic heterocycles. The van der Waals surface area contributed by atoms with Crippen molar-refractivity contribution in [1.82, 2.24) is 15.5 Å². The highest BCUT2D eigenvalue weighted by Crippen LogP contribution is 2.26. The Morgan fingerprint density at radius 3 is 2.64 bits per heavy atom. The largest absolute Gasteiger partial charge is 0.466 e. The molecule has 0 fully saturated rings. The minimum Gasteiger partial charge on any atom is -0.466 e. The quantitative estimate of drug-likeness (QED) is 0.448. The van der Waals surface area contributed by atoms with E-state index in [0.717, 1.165) is 5.56 Å². The standard InChI is InChI=1S/C18H17FN4O3S2/c1-10-7-14(11(2)26-10)16(25)21-17-22-23-18(28-17)27-9-15(24)20-8-12-3-5-13(19)6-4-12/h3-7H,8-9H2,1-2H3,(H,20,24)(H,21,22,25). The van der Waals surface area contributed by atoms with Gasteiger partial charge in [-0.3, -0.25) is 14.9 Å². The second kappa shape index (κ2) is 8.98. The molecule has 0 saturated heterocycles. The van der Waals surface area contributed by atoms with Crippen LogP contribution >= 0.6 is 23.1 Å². The van der Waals surface area contributed by atoms with Crippen molar-refractivity contribution in [2.24, 2.45) is 0 Å². The van der Waals surface area contributed by atoms with Gasteiger partial charge in [0.25, 0.3) is 5.91 Å². The third-order valence-electron chi connectivity index (χ3n) is 3.64. The lowest BCUT2D eigenvalue weighted by Crippen LogP contribution is -2.24. The third kappa shape index (κ3) is 5.40. The number of nitrogens with one attached hydrogen (secondary N) is 2. The molecule has 146 valence electrons. The Morgan fingerprint density at radius 1 is 1.21 bits per heavy atom. The Labute approximate surface area is 168 Å². The molecule has 0 radical (unpaired) electrons. The summed E-state index contributed by atoms with van der Waals surface area (Å²) < 4.78 is 18.8. The molecule has 7 nitrogen and oxygen atoms in total. The molecule has 3 aromatic rings. The molecule has 0 aliphatic heterocycles. The van der Waals surface area contributed by atoms with Gasteiger partial charge in [0, 0.05) is 6.54 Å². The summed E-state index contributed by atoms with van der Waals surface area (Å²) in [6.07, 6.45) is 0. The van der Waals surface area contributed by atoms with Gasteiger partial charge in [0.2, 0.25) is 11.0 Å². The molecule has 0 atom stereocenters. The van der Waals surface area contributed by atoms with E-state index in [4.69, 9.17) is 4.42 Å². The van der Waals surface area contributed by atoms with Crippen molar-refractivity contribution in [2.75, 3.05) is 11.1 Å². The van der Waals surface area contributed by atoms with Crippen molar-refractivity contribution in [2.45, 2.75) is 24.7 Å². The van der Waals surface area contributed by atoms with E-state index < -0.39 is 0 Å². The van der Waals surface area contributed by atoms with Crippen LogP contribution in [0, 0.1) is 19.7 Å². The first kappa shape index (κ1) is 20.0. The van der Waals surface area contributed by atoms with Gasteiger partial charge in [-0.1, -0.05) is 35.2 Å². The molecule has 1 aromatic carbocycles. The maximum Gasteiger partial charge on any atom is 0.261 e. The number of carbonyl (C=O) groups is 2. The van der Waals surface area contributed by atoms with Crippen LogP contribution in [-0.2, 0) is 11.3 Å². The van der Waals surface area contributed by atoms with Gasteiger partial charge >= 0.3 is 0 Å². The second-order valence-electron chi connectivity index (χ2n) is 5.85. The topological polar surface area (TPSA) is 97.1 Å². The molecule has 10 heteroatoms. The highest BCUT2D eigenvalue weighted by Gasteiger charge is 2.16. The van der Waals surface area contributed by atoms with Crippen molar-refractivity contribution in [3.05, 3.63) is 58.8 Å². The number of furan rings is 1. The van der Waals surface area contributed by atoms with Crippen LogP contribution < -0.4 is 10.6 Å². The van der Waals surface area contributed by atoms with E-state index in [-0.39, 0.29) is 23.4 Å². The molecule has 0 unspecified atom stereocenters. The first-order valence-electron chi connectivity index (χ1n) is 8.26. The Bertz CT molecular complexity index is 985. The summed E-state index contributed by atoms with van der Waals surface area (Å²) in [5.41, 5.74) is 1.26. The molecule has 3 rings (SSSR count). The lowest BCUT2D eigenvalue weighted by Gasteiger charge is -2.04. The number of rotatable bonds is 7. The van der Waals surface area contributed by atoms with E-state index in [1.165, 1.54) is 35.2 Å². The van der Waals surface area contributed by atoms with E-state index in [2.05, 4.69) is 20.8 Å². The number of nitrogens with zero attached hydrogens (tertiary/aromatic N) is 2. The molecular formula is C18H17FN4O3S2. The van der Waals surface area contributed by atoms with Crippen LogP contribution in [0.2, 0.25) is 0 Å². The average molecular weight is 420 g/mol. The summed E-state index contributed by atoms with van der Waals surface area (Å²) >= 11 is 2.40. The van der Waals surface area contributed by atoms with Gasteiger partial charge in [-0.2, -0.15) is 0 Å². The average Bonchev–Trinajstić information content (AvgIpc) is 3.25. The normalized spacial score (nSPS) is 10.7. The number of anilines is 1. The monoisotopic (exact) mass is 420 g/mol. The van der Waals surface area contributed by atoms with Gasteiger partial charge in [-0.05, 0) is 37.6 Å². The molecule has 0 aliphatic carbocycles. The summed E-state index contributed by atoms with van der Waals surface area (Å²) in [7, 11) is 0. The summed E-state index contributed by atoms with van der Waals surface area (Å²) in [6, 6.07) is 7.59. The van der Waals surface area contributed by atoms with Gasteiger partial charge in [-0.25, -0.2) is 4.39 Å². The molecular weight excluding hydrogens is 403 g/mol. The number of halogens is 1. The van der Waals surface area contributed by atoms with Crippen LogP contribution in [0.25, 0.3) is 0 Å². The van der Waals surface area contributed by atoms with Crippen LogP contribution in [0.15, 0.2) is 39.1 Å². The predicted octanol–water partition coefficient (Wildman–Crippen LogP) is 3.55. The van der Waals surface area contributed by atoms with E-state index in [0.29, 0.717) is 33.1 Å². The zero-order chi connectivity index (χ0) is 20.1. The van der Waals surface area contributed by atoms with E-state index in [1.807, 2.05) is 0 Å². The maximum absolute atomic E-state index is 12.9. The minimum absolute atomic E-state index is 0.157. The van der Waals surface area contributed by atoms with E-state index in [9.17, 15) is 14.0 Å². The van der Waals surface area contributed by atoms with E-state index >= 15 is 0 Å². The number of thioether (sulfide) groups is 1. The van der Waals surface area contributed by atoms with Crippen molar-refractivity contribution in [1.29, 1.82) is 0 Å². The number of amides is 2. The molecule has 0 aliphatic rings. The minimum atomic E-state index is -0.320. The number of aromatic nitrogens is 2. The number of aryl methyl sites for hydroxylation is 2. The van der Waals surface area contributed by atoms with Gasteiger partial charge in [-0.15, -0.1) is 10.2 Å².